The predicted octanol–water partition coefficient (Wildman–Crippen LogP) is 2.70. The number of halogens is 1. The molecule has 0 spiro atoms. The fourth-order valence-electron chi connectivity index (χ4n) is 2.62. The quantitative estimate of drug-likeness (QED) is 0.871. The van der Waals surface area contributed by atoms with Gasteiger partial charge in [-0.25, -0.2) is 4.39 Å². The standard InChI is InChI=1S/C14H21FN2/c15-13-7-5-12(6-8-13)14-4-1-2-10-17(14)11-3-9-16/h5-8,14H,1-4,9-11,16H2. The summed E-state index contributed by atoms with van der Waals surface area (Å²) < 4.78 is 12.9. The zero-order chi connectivity index (χ0) is 12.1. The van der Waals surface area contributed by atoms with Gasteiger partial charge in [-0.2, -0.15) is 0 Å². The lowest BCUT2D eigenvalue weighted by atomic mass is 9.95. The van der Waals surface area contributed by atoms with Crippen LogP contribution >= 0.6 is 0 Å². The van der Waals surface area contributed by atoms with Crippen molar-refractivity contribution >= 4 is 0 Å². The summed E-state index contributed by atoms with van der Waals surface area (Å²) in [6.45, 7) is 2.94. The highest BCUT2D eigenvalue weighted by Gasteiger charge is 2.23. The molecule has 1 atom stereocenters. The summed E-state index contributed by atoms with van der Waals surface area (Å²) in [6.07, 6.45) is 4.75. The Morgan fingerprint density at radius 1 is 1.24 bits per heavy atom. The molecule has 1 saturated heterocycles. The van der Waals surface area contributed by atoms with Crippen molar-refractivity contribution in [3.05, 3.63) is 35.6 Å². The highest BCUT2D eigenvalue weighted by Crippen LogP contribution is 2.30. The molecule has 1 fully saturated rings. The minimum absolute atomic E-state index is 0.155. The highest BCUT2D eigenvalue weighted by molar-refractivity contribution is 5.20. The van der Waals surface area contributed by atoms with Gasteiger partial charge in [0.2, 0.25) is 0 Å². The second-order valence-electron chi connectivity index (χ2n) is 4.74. The van der Waals surface area contributed by atoms with Crippen LogP contribution in [0.4, 0.5) is 4.39 Å². The molecule has 1 aliphatic heterocycles. The van der Waals surface area contributed by atoms with Gasteiger partial charge in [0.15, 0.2) is 0 Å². The topological polar surface area (TPSA) is 29.3 Å². The molecule has 1 aliphatic rings. The predicted molar refractivity (Wildman–Crippen MR) is 68.2 cm³/mol. The van der Waals surface area contributed by atoms with E-state index < -0.39 is 0 Å². The molecule has 3 heteroatoms. The summed E-state index contributed by atoms with van der Waals surface area (Å²) in [4.78, 5) is 2.49. The van der Waals surface area contributed by atoms with Crippen molar-refractivity contribution in [1.29, 1.82) is 0 Å². The second kappa shape index (κ2) is 6.12. The van der Waals surface area contributed by atoms with Crippen LogP contribution in [0, 0.1) is 5.82 Å². The molecule has 1 aromatic carbocycles. The zero-order valence-electron chi connectivity index (χ0n) is 10.2. The first kappa shape index (κ1) is 12.5. The number of likely N-dealkylation sites (tertiary alicyclic amines) is 1. The van der Waals surface area contributed by atoms with Crippen molar-refractivity contribution in [3.63, 3.8) is 0 Å². The summed E-state index contributed by atoms with van der Waals surface area (Å²) in [5, 5.41) is 0. The number of nitrogens with two attached hydrogens (primary N) is 1. The first-order valence-electron chi connectivity index (χ1n) is 6.51. The van der Waals surface area contributed by atoms with Gasteiger partial charge in [-0.1, -0.05) is 18.6 Å². The van der Waals surface area contributed by atoms with E-state index in [0.29, 0.717) is 6.04 Å². The second-order valence-corrected chi connectivity index (χ2v) is 4.74. The number of benzene rings is 1. The maximum Gasteiger partial charge on any atom is 0.123 e. The van der Waals surface area contributed by atoms with E-state index in [4.69, 9.17) is 5.73 Å². The van der Waals surface area contributed by atoms with Crippen molar-refractivity contribution in [2.75, 3.05) is 19.6 Å². The van der Waals surface area contributed by atoms with Gasteiger partial charge in [0.25, 0.3) is 0 Å². The van der Waals surface area contributed by atoms with E-state index >= 15 is 0 Å². The molecule has 1 heterocycles. The molecule has 2 rings (SSSR count). The normalized spacial score (nSPS) is 21.6. The molecule has 0 saturated carbocycles. The Hall–Kier alpha value is -0.930. The van der Waals surface area contributed by atoms with Gasteiger partial charge < -0.3 is 5.73 Å². The Labute approximate surface area is 103 Å². The largest absolute Gasteiger partial charge is 0.330 e. The molecule has 0 bridgehead atoms. The van der Waals surface area contributed by atoms with E-state index in [-0.39, 0.29) is 5.82 Å². The van der Waals surface area contributed by atoms with Crippen LogP contribution in [0.1, 0.15) is 37.3 Å². The molecule has 0 aromatic heterocycles. The van der Waals surface area contributed by atoms with E-state index in [1.54, 1.807) is 12.1 Å². The summed E-state index contributed by atoms with van der Waals surface area (Å²) >= 11 is 0. The van der Waals surface area contributed by atoms with Crippen molar-refractivity contribution in [2.24, 2.45) is 5.73 Å². The van der Waals surface area contributed by atoms with Crippen molar-refractivity contribution in [1.82, 2.24) is 4.90 Å². The molecule has 17 heavy (non-hydrogen) atoms. The van der Waals surface area contributed by atoms with Gasteiger partial charge in [0, 0.05) is 6.04 Å². The lowest BCUT2D eigenvalue weighted by Crippen LogP contribution is -2.34. The molecular weight excluding hydrogens is 215 g/mol. The van der Waals surface area contributed by atoms with Crippen LogP contribution in [0.15, 0.2) is 24.3 Å². The first-order chi connectivity index (χ1) is 8.31. The van der Waals surface area contributed by atoms with Crippen LogP contribution in [0.25, 0.3) is 0 Å². The summed E-state index contributed by atoms with van der Waals surface area (Å²) in [6, 6.07) is 7.41. The lowest BCUT2D eigenvalue weighted by Gasteiger charge is -2.36. The van der Waals surface area contributed by atoms with E-state index in [9.17, 15) is 4.39 Å². The van der Waals surface area contributed by atoms with Crippen LogP contribution in [0.3, 0.4) is 0 Å². The molecule has 0 radical (unpaired) electrons. The number of piperidine rings is 1. The van der Waals surface area contributed by atoms with Crippen LogP contribution in [-0.2, 0) is 0 Å². The smallest absolute Gasteiger partial charge is 0.123 e. The summed E-state index contributed by atoms with van der Waals surface area (Å²) in [5.41, 5.74) is 6.81. The van der Waals surface area contributed by atoms with Gasteiger partial charge in [-0.15, -0.1) is 0 Å². The number of rotatable bonds is 4. The van der Waals surface area contributed by atoms with Gasteiger partial charge in [0.1, 0.15) is 5.82 Å². The fraction of sp³-hybridized carbons (Fsp3) is 0.571. The minimum Gasteiger partial charge on any atom is -0.330 e. The lowest BCUT2D eigenvalue weighted by molar-refractivity contribution is 0.148. The van der Waals surface area contributed by atoms with Gasteiger partial charge in [0.05, 0.1) is 0 Å². The fourth-order valence-corrected chi connectivity index (χ4v) is 2.62. The van der Waals surface area contributed by atoms with Crippen molar-refractivity contribution in [2.45, 2.75) is 31.7 Å². The Bertz CT molecular complexity index is 337. The maximum absolute atomic E-state index is 12.9. The van der Waals surface area contributed by atoms with Gasteiger partial charge in [-0.05, 0) is 56.6 Å². The van der Waals surface area contributed by atoms with Crippen LogP contribution < -0.4 is 5.73 Å². The van der Waals surface area contributed by atoms with E-state index in [1.807, 2.05) is 12.1 Å². The molecule has 1 unspecified atom stereocenters. The third kappa shape index (κ3) is 3.27. The van der Waals surface area contributed by atoms with E-state index in [0.717, 1.165) is 26.1 Å². The Balaban J connectivity index is 2.07. The van der Waals surface area contributed by atoms with Crippen LogP contribution in [0.5, 0.6) is 0 Å². The van der Waals surface area contributed by atoms with Crippen LogP contribution in [0.2, 0.25) is 0 Å². The molecule has 1 aromatic rings. The third-order valence-electron chi connectivity index (χ3n) is 3.52. The minimum atomic E-state index is -0.155. The molecule has 0 amide bonds. The highest BCUT2D eigenvalue weighted by atomic mass is 19.1. The Morgan fingerprint density at radius 2 is 2.00 bits per heavy atom. The SMILES string of the molecule is NCCCN1CCCCC1c1ccc(F)cc1. The van der Waals surface area contributed by atoms with E-state index in [1.165, 1.54) is 24.8 Å². The first-order valence-corrected chi connectivity index (χ1v) is 6.51. The molecule has 94 valence electrons. The summed E-state index contributed by atoms with van der Waals surface area (Å²) in [5.74, 6) is -0.155. The zero-order valence-corrected chi connectivity index (χ0v) is 10.2. The molecule has 0 aliphatic carbocycles. The Kier molecular flexibility index (Phi) is 4.51. The summed E-state index contributed by atoms with van der Waals surface area (Å²) in [7, 11) is 0. The number of hydrogen-bond donors (Lipinski definition) is 1. The van der Waals surface area contributed by atoms with Gasteiger partial charge >= 0.3 is 0 Å². The van der Waals surface area contributed by atoms with Crippen molar-refractivity contribution < 1.29 is 4.39 Å². The molecule has 2 N–H and O–H groups in total. The average molecular weight is 236 g/mol. The number of hydrogen-bond acceptors (Lipinski definition) is 2. The monoisotopic (exact) mass is 236 g/mol. The average Bonchev–Trinajstić information content (AvgIpc) is 2.38. The Morgan fingerprint density at radius 3 is 2.71 bits per heavy atom. The molecule has 2 nitrogen and oxygen atoms in total. The number of nitrogens with zero attached hydrogens (tertiary/aromatic N) is 1. The van der Waals surface area contributed by atoms with Crippen LogP contribution in [-0.4, -0.2) is 24.5 Å². The maximum atomic E-state index is 12.9. The van der Waals surface area contributed by atoms with E-state index in [2.05, 4.69) is 4.90 Å². The third-order valence-corrected chi connectivity index (χ3v) is 3.52. The molecular formula is C14H21FN2. The van der Waals surface area contributed by atoms with Gasteiger partial charge in [-0.3, -0.25) is 4.90 Å². The van der Waals surface area contributed by atoms with Crippen molar-refractivity contribution in [3.8, 4) is 0 Å².